The third-order valence-electron chi connectivity index (χ3n) is 5.65. The van der Waals surface area contributed by atoms with Crippen LogP contribution in [0.3, 0.4) is 0 Å². The predicted octanol–water partition coefficient (Wildman–Crippen LogP) is 3.97. The highest BCUT2D eigenvalue weighted by Gasteiger charge is 2.35. The Morgan fingerprint density at radius 3 is 2.32 bits per heavy atom. The largest absolute Gasteiger partial charge is 0.335 e. The minimum atomic E-state index is -3.79. The zero-order chi connectivity index (χ0) is 22.6. The van der Waals surface area contributed by atoms with Crippen molar-refractivity contribution >= 4 is 39.1 Å². The van der Waals surface area contributed by atoms with E-state index in [2.05, 4.69) is 25.9 Å². The van der Waals surface area contributed by atoms with E-state index in [1.807, 2.05) is 10.7 Å². The standard InChI is InChI=1S/C21H26Cl2N4O3S/c1-21(2,3)27-17(14-7-8-14)13-16(24-27)20(28)25-9-11-26(12-10-25)31(29,30)18-6-4-5-15(22)19(18)23/h4-6,13-14H,7-12H2,1-3H3. The van der Waals surface area contributed by atoms with Gasteiger partial charge in [0.15, 0.2) is 5.69 Å². The number of rotatable bonds is 4. The molecule has 1 aliphatic heterocycles. The SMILES string of the molecule is CC(C)(C)n1nc(C(=O)N2CCN(S(=O)(=O)c3cccc(Cl)c3Cl)CC2)cc1C1CC1. The van der Waals surface area contributed by atoms with Gasteiger partial charge in [-0.05, 0) is 51.8 Å². The van der Waals surface area contributed by atoms with Crippen LogP contribution in [0.5, 0.6) is 0 Å². The lowest BCUT2D eigenvalue weighted by Crippen LogP contribution is -2.50. The van der Waals surface area contributed by atoms with E-state index in [1.165, 1.54) is 10.4 Å². The van der Waals surface area contributed by atoms with Crippen molar-refractivity contribution in [2.75, 3.05) is 26.2 Å². The molecule has 1 aromatic heterocycles. The number of carbonyl (C=O) groups is 1. The van der Waals surface area contributed by atoms with Gasteiger partial charge in [0, 0.05) is 37.8 Å². The fourth-order valence-corrected chi connectivity index (χ4v) is 5.98. The molecule has 168 valence electrons. The third kappa shape index (κ3) is 4.35. The summed E-state index contributed by atoms with van der Waals surface area (Å²) in [6.07, 6.45) is 2.25. The number of piperazine rings is 1. The van der Waals surface area contributed by atoms with Crippen molar-refractivity contribution in [3.8, 4) is 0 Å². The number of carbonyl (C=O) groups excluding carboxylic acids is 1. The van der Waals surface area contributed by atoms with Crippen LogP contribution in [-0.2, 0) is 15.6 Å². The molecule has 0 spiro atoms. The Morgan fingerprint density at radius 1 is 1.10 bits per heavy atom. The van der Waals surface area contributed by atoms with Gasteiger partial charge in [-0.1, -0.05) is 29.3 Å². The number of hydrogen-bond donors (Lipinski definition) is 0. The van der Waals surface area contributed by atoms with Crippen molar-refractivity contribution in [3.63, 3.8) is 0 Å². The van der Waals surface area contributed by atoms with Gasteiger partial charge >= 0.3 is 0 Å². The molecule has 1 amide bonds. The molecule has 1 saturated carbocycles. The topological polar surface area (TPSA) is 75.5 Å². The second kappa shape index (κ2) is 8.06. The molecule has 0 bridgehead atoms. The molecule has 0 radical (unpaired) electrons. The van der Waals surface area contributed by atoms with Crippen LogP contribution in [0.15, 0.2) is 29.2 Å². The van der Waals surface area contributed by atoms with Crippen LogP contribution in [0.25, 0.3) is 0 Å². The van der Waals surface area contributed by atoms with Gasteiger partial charge in [0.1, 0.15) is 4.90 Å². The Balaban J connectivity index is 1.49. The van der Waals surface area contributed by atoms with Crippen molar-refractivity contribution in [3.05, 3.63) is 45.7 Å². The molecule has 2 fully saturated rings. The summed E-state index contributed by atoms with van der Waals surface area (Å²) in [6.45, 7) is 7.17. The molecule has 1 aliphatic carbocycles. The van der Waals surface area contributed by atoms with Crippen LogP contribution in [0.4, 0.5) is 0 Å². The number of nitrogens with zero attached hydrogens (tertiary/aromatic N) is 4. The Labute approximate surface area is 193 Å². The number of amides is 1. The fraction of sp³-hybridized carbons (Fsp3) is 0.524. The second-order valence-corrected chi connectivity index (χ2v) is 11.8. The van der Waals surface area contributed by atoms with E-state index in [4.69, 9.17) is 23.2 Å². The highest BCUT2D eigenvalue weighted by molar-refractivity contribution is 7.89. The third-order valence-corrected chi connectivity index (χ3v) is 8.52. The summed E-state index contributed by atoms with van der Waals surface area (Å²) in [5.41, 5.74) is 1.32. The summed E-state index contributed by atoms with van der Waals surface area (Å²) in [4.78, 5) is 14.8. The molecule has 0 N–H and O–H groups in total. The van der Waals surface area contributed by atoms with Gasteiger partial charge in [0.25, 0.3) is 5.91 Å². The zero-order valence-electron chi connectivity index (χ0n) is 17.8. The first-order valence-electron chi connectivity index (χ1n) is 10.3. The first-order chi connectivity index (χ1) is 14.5. The van der Waals surface area contributed by atoms with Crippen LogP contribution in [0.1, 0.15) is 55.7 Å². The second-order valence-electron chi connectivity index (χ2n) is 9.06. The van der Waals surface area contributed by atoms with E-state index in [9.17, 15) is 13.2 Å². The fourth-order valence-electron chi connectivity index (χ4n) is 3.82. The molecule has 2 aliphatic rings. The van der Waals surface area contributed by atoms with Gasteiger partial charge in [-0.15, -0.1) is 0 Å². The molecule has 7 nitrogen and oxygen atoms in total. The highest BCUT2D eigenvalue weighted by Crippen LogP contribution is 2.42. The van der Waals surface area contributed by atoms with Crippen molar-refractivity contribution < 1.29 is 13.2 Å². The molecule has 2 heterocycles. The summed E-state index contributed by atoms with van der Waals surface area (Å²) in [7, 11) is -3.79. The Kier molecular flexibility index (Phi) is 5.87. The number of aromatic nitrogens is 2. The lowest BCUT2D eigenvalue weighted by Gasteiger charge is -2.33. The Bertz CT molecular complexity index is 1110. The maximum atomic E-state index is 13.1. The van der Waals surface area contributed by atoms with Crippen LogP contribution < -0.4 is 0 Å². The monoisotopic (exact) mass is 484 g/mol. The molecule has 1 aromatic carbocycles. The lowest BCUT2D eigenvalue weighted by atomic mass is 10.1. The summed E-state index contributed by atoms with van der Waals surface area (Å²) >= 11 is 12.1. The maximum absolute atomic E-state index is 13.1. The van der Waals surface area contributed by atoms with Gasteiger partial charge < -0.3 is 4.90 Å². The smallest absolute Gasteiger partial charge is 0.274 e. The summed E-state index contributed by atoms with van der Waals surface area (Å²) < 4.78 is 29.3. The first kappa shape index (κ1) is 22.6. The van der Waals surface area contributed by atoms with E-state index in [-0.39, 0.29) is 52.6 Å². The quantitative estimate of drug-likeness (QED) is 0.657. The van der Waals surface area contributed by atoms with E-state index < -0.39 is 10.0 Å². The number of sulfonamides is 1. The molecule has 1 saturated heterocycles. The van der Waals surface area contributed by atoms with Gasteiger partial charge in [0.2, 0.25) is 10.0 Å². The molecular weight excluding hydrogens is 459 g/mol. The van der Waals surface area contributed by atoms with E-state index in [0.29, 0.717) is 11.6 Å². The first-order valence-corrected chi connectivity index (χ1v) is 12.5. The van der Waals surface area contributed by atoms with Gasteiger partial charge in [0.05, 0.1) is 15.6 Å². The van der Waals surface area contributed by atoms with Gasteiger partial charge in [-0.25, -0.2) is 8.42 Å². The molecule has 2 aromatic rings. The molecule has 0 atom stereocenters. The number of hydrogen-bond acceptors (Lipinski definition) is 4. The van der Waals surface area contributed by atoms with E-state index in [0.717, 1.165) is 18.5 Å². The van der Waals surface area contributed by atoms with Crippen molar-refractivity contribution in [1.82, 2.24) is 19.0 Å². The van der Waals surface area contributed by atoms with E-state index in [1.54, 1.807) is 17.0 Å². The van der Waals surface area contributed by atoms with Crippen LogP contribution in [0.2, 0.25) is 10.0 Å². The average Bonchev–Trinajstić information content (AvgIpc) is 3.46. The van der Waals surface area contributed by atoms with Crippen molar-refractivity contribution in [2.24, 2.45) is 0 Å². The number of benzene rings is 1. The van der Waals surface area contributed by atoms with Crippen LogP contribution in [-0.4, -0.2) is 59.5 Å². The van der Waals surface area contributed by atoms with Crippen LogP contribution in [0, 0.1) is 0 Å². The average molecular weight is 485 g/mol. The Hall–Kier alpha value is -1.61. The molecule has 4 rings (SSSR count). The zero-order valence-corrected chi connectivity index (χ0v) is 20.1. The van der Waals surface area contributed by atoms with Gasteiger partial charge in [-0.3, -0.25) is 9.48 Å². The Morgan fingerprint density at radius 2 is 1.74 bits per heavy atom. The number of halogens is 2. The van der Waals surface area contributed by atoms with Crippen molar-refractivity contribution in [1.29, 1.82) is 0 Å². The summed E-state index contributed by atoms with van der Waals surface area (Å²) in [5.74, 6) is 0.306. The van der Waals surface area contributed by atoms with Crippen molar-refractivity contribution in [2.45, 2.75) is 50.0 Å². The van der Waals surface area contributed by atoms with Gasteiger partial charge in [-0.2, -0.15) is 9.40 Å². The molecule has 0 unspecified atom stereocenters. The molecule has 31 heavy (non-hydrogen) atoms. The minimum absolute atomic E-state index is 0.0144. The van der Waals surface area contributed by atoms with Crippen LogP contribution >= 0.6 is 23.2 Å². The highest BCUT2D eigenvalue weighted by atomic mass is 35.5. The predicted molar refractivity (Wildman–Crippen MR) is 120 cm³/mol. The normalized spacial score (nSPS) is 18.4. The summed E-state index contributed by atoms with van der Waals surface area (Å²) in [6, 6.07) is 6.45. The molecular formula is C21H26Cl2N4O3S. The molecule has 10 heteroatoms. The lowest BCUT2D eigenvalue weighted by molar-refractivity contribution is 0.0690. The van der Waals surface area contributed by atoms with E-state index >= 15 is 0 Å². The summed E-state index contributed by atoms with van der Waals surface area (Å²) in [5, 5.41) is 4.82. The maximum Gasteiger partial charge on any atom is 0.274 e. The minimum Gasteiger partial charge on any atom is -0.335 e.